The van der Waals surface area contributed by atoms with Crippen LogP contribution >= 0.6 is 0 Å². The molecule has 2 heterocycles. The number of aromatic nitrogens is 1. The number of methoxy groups -OCH3 is 1. The van der Waals surface area contributed by atoms with Gasteiger partial charge in [0.25, 0.3) is 11.8 Å². The van der Waals surface area contributed by atoms with Gasteiger partial charge >= 0.3 is 0 Å². The highest BCUT2D eigenvalue weighted by molar-refractivity contribution is 5.98. The first-order chi connectivity index (χ1) is 12.7. The number of rotatable bonds is 5. The zero-order valence-electron chi connectivity index (χ0n) is 14.9. The Morgan fingerprint density at radius 3 is 2.54 bits per heavy atom. The van der Waals surface area contributed by atoms with Crippen LogP contribution in [0.2, 0.25) is 0 Å². The van der Waals surface area contributed by atoms with E-state index in [2.05, 4.69) is 10.3 Å². The molecule has 0 atom stereocenters. The van der Waals surface area contributed by atoms with Crippen LogP contribution in [0.1, 0.15) is 45.7 Å². The Labute approximate surface area is 153 Å². The van der Waals surface area contributed by atoms with Crippen LogP contribution < -0.4 is 10.1 Å². The van der Waals surface area contributed by atoms with Gasteiger partial charge in [0.05, 0.1) is 7.11 Å². The average Bonchev–Trinajstić information content (AvgIpc) is 2.72. The summed E-state index contributed by atoms with van der Waals surface area (Å²) in [4.78, 5) is 30.9. The molecule has 0 saturated carbocycles. The molecule has 136 valence electrons. The Kier molecular flexibility index (Phi) is 5.84. The number of pyridine rings is 1. The van der Waals surface area contributed by atoms with E-state index in [1.807, 2.05) is 29.2 Å². The van der Waals surface area contributed by atoms with E-state index in [4.69, 9.17) is 4.74 Å². The minimum Gasteiger partial charge on any atom is -0.497 e. The van der Waals surface area contributed by atoms with Crippen LogP contribution in [0.5, 0.6) is 5.75 Å². The zero-order chi connectivity index (χ0) is 18.4. The van der Waals surface area contributed by atoms with Gasteiger partial charge in [-0.1, -0.05) is 12.1 Å². The summed E-state index contributed by atoms with van der Waals surface area (Å²) < 4.78 is 5.12. The van der Waals surface area contributed by atoms with E-state index in [0.717, 1.165) is 37.2 Å². The number of amides is 2. The lowest BCUT2D eigenvalue weighted by Gasteiger charge is -2.26. The molecule has 26 heavy (non-hydrogen) atoms. The average molecular weight is 353 g/mol. The van der Waals surface area contributed by atoms with Crippen molar-refractivity contribution in [1.29, 1.82) is 0 Å². The zero-order valence-corrected chi connectivity index (χ0v) is 14.9. The molecular weight excluding hydrogens is 330 g/mol. The standard InChI is InChI=1S/C20H23N3O3/c1-26-17-7-5-15(6-8-17)14-22-19(24)18-13-16(9-10-21-18)20(25)23-11-3-2-4-12-23/h5-10,13H,2-4,11-12,14H2,1H3,(H,22,24). The fourth-order valence-electron chi connectivity index (χ4n) is 2.98. The lowest BCUT2D eigenvalue weighted by molar-refractivity contribution is 0.0724. The smallest absolute Gasteiger partial charge is 0.270 e. The first kappa shape index (κ1) is 17.9. The molecule has 1 aliphatic rings. The number of likely N-dealkylation sites (tertiary alicyclic amines) is 1. The Morgan fingerprint density at radius 1 is 1.12 bits per heavy atom. The van der Waals surface area contributed by atoms with Crippen molar-refractivity contribution in [2.75, 3.05) is 20.2 Å². The normalized spacial score (nSPS) is 14.0. The lowest BCUT2D eigenvalue weighted by atomic mass is 10.1. The van der Waals surface area contributed by atoms with Crippen molar-refractivity contribution in [3.63, 3.8) is 0 Å². The molecule has 6 nitrogen and oxygen atoms in total. The molecule has 1 aliphatic heterocycles. The summed E-state index contributed by atoms with van der Waals surface area (Å²) in [5.41, 5.74) is 1.72. The van der Waals surface area contributed by atoms with Crippen molar-refractivity contribution >= 4 is 11.8 Å². The Morgan fingerprint density at radius 2 is 1.85 bits per heavy atom. The molecule has 2 aromatic rings. The van der Waals surface area contributed by atoms with Gasteiger partial charge in [0, 0.05) is 31.4 Å². The van der Waals surface area contributed by atoms with Crippen LogP contribution in [0.4, 0.5) is 0 Å². The second kappa shape index (κ2) is 8.47. The molecule has 0 aliphatic carbocycles. The van der Waals surface area contributed by atoms with Crippen LogP contribution in [0.3, 0.4) is 0 Å². The summed E-state index contributed by atoms with van der Waals surface area (Å²) in [5, 5.41) is 2.83. The van der Waals surface area contributed by atoms with Crippen molar-refractivity contribution in [2.45, 2.75) is 25.8 Å². The van der Waals surface area contributed by atoms with Crippen molar-refractivity contribution in [3.05, 3.63) is 59.4 Å². The van der Waals surface area contributed by atoms with Gasteiger partial charge in [-0.2, -0.15) is 0 Å². The Bertz CT molecular complexity index is 768. The van der Waals surface area contributed by atoms with E-state index >= 15 is 0 Å². The fourth-order valence-corrected chi connectivity index (χ4v) is 2.98. The summed E-state index contributed by atoms with van der Waals surface area (Å²) >= 11 is 0. The monoisotopic (exact) mass is 353 g/mol. The van der Waals surface area contributed by atoms with E-state index in [9.17, 15) is 9.59 Å². The van der Waals surface area contributed by atoms with Gasteiger partial charge in [-0.25, -0.2) is 0 Å². The molecule has 3 rings (SSSR count). The van der Waals surface area contributed by atoms with Crippen LogP contribution in [0.25, 0.3) is 0 Å². The van der Waals surface area contributed by atoms with E-state index in [0.29, 0.717) is 12.1 Å². The largest absolute Gasteiger partial charge is 0.497 e. The fraction of sp³-hybridized carbons (Fsp3) is 0.350. The highest BCUT2D eigenvalue weighted by Crippen LogP contribution is 2.14. The molecule has 0 unspecified atom stereocenters. The third-order valence-electron chi connectivity index (χ3n) is 4.49. The maximum atomic E-state index is 12.6. The summed E-state index contributed by atoms with van der Waals surface area (Å²) in [5.74, 6) is 0.441. The van der Waals surface area contributed by atoms with Crippen LogP contribution in [-0.4, -0.2) is 41.9 Å². The second-order valence-corrected chi connectivity index (χ2v) is 6.31. The van der Waals surface area contributed by atoms with Gasteiger partial charge in [-0.3, -0.25) is 14.6 Å². The lowest BCUT2D eigenvalue weighted by Crippen LogP contribution is -2.35. The summed E-state index contributed by atoms with van der Waals surface area (Å²) in [6.45, 7) is 1.94. The molecule has 0 bridgehead atoms. The van der Waals surface area contributed by atoms with Gasteiger partial charge in [0.2, 0.25) is 0 Å². The number of ether oxygens (including phenoxy) is 1. The molecule has 1 saturated heterocycles. The predicted octanol–water partition coefficient (Wildman–Crippen LogP) is 2.65. The Balaban J connectivity index is 1.62. The van der Waals surface area contributed by atoms with Crippen LogP contribution in [-0.2, 0) is 6.54 Å². The van der Waals surface area contributed by atoms with Crippen molar-refractivity contribution in [2.24, 2.45) is 0 Å². The number of hydrogen-bond acceptors (Lipinski definition) is 4. The van der Waals surface area contributed by atoms with E-state index in [1.54, 1.807) is 19.2 Å². The van der Waals surface area contributed by atoms with E-state index < -0.39 is 0 Å². The van der Waals surface area contributed by atoms with Gasteiger partial charge < -0.3 is 15.0 Å². The molecule has 1 N–H and O–H groups in total. The molecule has 1 aromatic heterocycles. The Hall–Kier alpha value is -2.89. The molecular formula is C20H23N3O3. The molecule has 1 aromatic carbocycles. The van der Waals surface area contributed by atoms with Crippen LogP contribution in [0.15, 0.2) is 42.6 Å². The maximum Gasteiger partial charge on any atom is 0.270 e. The van der Waals surface area contributed by atoms with Gasteiger partial charge in [0.15, 0.2) is 0 Å². The summed E-state index contributed by atoms with van der Waals surface area (Å²) in [6, 6.07) is 10.7. The number of carbonyl (C=O) groups excluding carboxylic acids is 2. The van der Waals surface area contributed by atoms with Gasteiger partial charge in [-0.15, -0.1) is 0 Å². The number of benzene rings is 1. The number of nitrogens with one attached hydrogen (secondary N) is 1. The minimum absolute atomic E-state index is 0.0312. The molecule has 0 radical (unpaired) electrons. The molecule has 6 heteroatoms. The highest BCUT2D eigenvalue weighted by Gasteiger charge is 2.19. The van der Waals surface area contributed by atoms with Crippen molar-refractivity contribution in [3.8, 4) is 5.75 Å². The predicted molar refractivity (Wildman–Crippen MR) is 98.2 cm³/mol. The highest BCUT2D eigenvalue weighted by atomic mass is 16.5. The first-order valence-electron chi connectivity index (χ1n) is 8.84. The van der Waals surface area contributed by atoms with Gasteiger partial charge in [-0.05, 0) is 49.1 Å². The number of hydrogen-bond donors (Lipinski definition) is 1. The summed E-state index contributed by atoms with van der Waals surface area (Å²) in [6.07, 6.45) is 4.75. The second-order valence-electron chi connectivity index (χ2n) is 6.31. The first-order valence-corrected chi connectivity index (χ1v) is 8.84. The van der Waals surface area contributed by atoms with Gasteiger partial charge in [0.1, 0.15) is 11.4 Å². The van der Waals surface area contributed by atoms with Crippen LogP contribution in [0, 0.1) is 0 Å². The third kappa shape index (κ3) is 4.39. The minimum atomic E-state index is -0.297. The third-order valence-corrected chi connectivity index (χ3v) is 4.49. The van der Waals surface area contributed by atoms with Crippen molar-refractivity contribution < 1.29 is 14.3 Å². The quantitative estimate of drug-likeness (QED) is 0.897. The molecule has 1 fully saturated rings. The summed E-state index contributed by atoms with van der Waals surface area (Å²) in [7, 11) is 1.61. The van der Waals surface area contributed by atoms with E-state index in [1.165, 1.54) is 12.6 Å². The number of piperidine rings is 1. The maximum absolute atomic E-state index is 12.6. The molecule has 2 amide bonds. The number of carbonyl (C=O) groups is 2. The topological polar surface area (TPSA) is 71.5 Å². The SMILES string of the molecule is COc1ccc(CNC(=O)c2cc(C(=O)N3CCCCC3)ccn2)cc1. The van der Waals surface area contributed by atoms with E-state index in [-0.39, 0.29) is 17.5 Å². The van der Waals surface area contributed by atoms with Crippen molar-refractivity contribution in [1.82, 2.24) is 15.2 Å². The molecule has 0 spiro atoms. The number of nitrogens with zero attached hydrogens (tertiary/aromatic N) is 2.